The summed E-state index contributed by atoms with van der Waals surface area (Å²) in [4.78, 5) is 1.08. The highest BCUT2D eigenvalue weighted by atomic mass is 35.5. The Labute approximate surface area is 106 Å². The molecule has 4 heteroatoms. The first-order chi connectivity index (χ1) is 7.77. The van der Waals surface area contributed by atoms with Gasteiger partial charge in [0.25, 0.3) is 0 Å². The molecule has 0 radical (unpaired) electrons. The zero-order chi connectivity index (χ0) is 11.8. The summed E-state index contributed by atoms with van der Waals surface area (Å²) in [5, 5.41) is 12.8. The second-order valence-corrected chi connectivity index (χ2v) is 4.85. The third kappa shape index (κ3) is 4.44. The molecule has 0 aliphatic carbocycles. The summed E-state index contributed by atoms with van der Waals surface area (Å²) in [5.41, 5.74) is 0. The minimum atomic E-state index is -0.0556. The summed E-state index contributed by atoms with van der Waals surface area (Å²) in [6.45, 7) is 2.83. The average molecular weight is 255 g/mol. The Morgan fingerprint density at radius 2 is 2.25 bits per heavy atom. The molecular formula is C12H15ClN2S. The summed E-state index contributed by atoms with van der Waals surface area (Å²) in [6.07, 6.45) is 0.834. The Bertz CT molecular complexity index is 362. The van der Waals surface area contributed by atoms with Crippen molar-refractivity contribution in [1.29, 1.82) is 5.26 Å². The van der Waals surface area contributed by atoms with Crippen LogP contribution in [0.5, 0.6) is 0 Å². The van der Waals surface area contributed by atoms with Gasteiger partial charge >= 0.3 is 0 Å². The Kier molecular flexibility index (Phi) is 6.32. The molecule has 1 aromatic rings. The fraction of sp³-hybridized carbons (Fsp3) is 0.417. The molecule has 0 saturated heterocycles. The van der Waals surface area contributed by atoms with Gasteiger partial charge in [0.1, 0.15) is 0 Å². The van der Waals surface area contributed by atoms with Crippen LogP contribution in [0, 0.1) is 11.3 Å². The van der Waals surface area contributed by atoms with Gasteiger partial charge in [0, 0.05) is 10.6 Å². The molecule has 0 bridgehead atoms. The molecule has 16 heavy (non-hydrogen) atoms. The lowest BCUT2D eigenvalue weighted by atomic mass is 10.2. The highest BCUT2D eigenvalue weighted by molar-refractivity contribution is 7.99. The molecule has 86 valence electrons. The van der Waals surface area contributed by atoms with Crippen LogP contribution in [0.15, 0.2) is 29.2 Å². The maximum Gasteiger partial charge on any atom is 0.0960 e. The van der Waals surface area contributed by atoms with Crippen LogP contribution >= 0.6 is 23.4 Å². The van der Waals surface area contributed by atoms with E-state index in [-0.39, 0.29) is 6.04 Å². The van der Waals surface area contributed by atoms with E-state index in [1.807, 2.05) is 31.2 Å². The summed E-state index contributed by atoms with van der Waals surface area (Å²) in [6, 6.07) is 9.97. The number of thioether (sulfide) groups is 1. The second kappa shape index (κ2) is 7.56. The minimum absolute atomic E-state index is 0.0556. The van der Waals surface area contributed by atoms with Gasteiger partial charge in [-0.2, -0.15) is 5.26 Å². The van der Waals surface area contributed by atoms with Crippen molar-refractivity contribution in [1.82, 2.24) is 5.32 Å². The first-order valence-corrected chi connectivity index (χ1v) is 6.64. The van der Waals surface area contributed by atoms with Gasteiger partial charge in [0.2, 0.25) is 0 Å². The van der Waals surface area contributed by atoms with Crippen LogP contribution in [0.3, 0.4) is 0 Å². The molecule has 0 aromatic heterocycles. The standard InChI is InChI=1S/C12H15ClN2S/c1-2-15-10(9-14)7-8-16-12-6-4-3-5-11(12)13/h3-6,10,15H,2,7-8H2,1H3. The molecule has 0 aliphatic heterocycles. The fourth-order valence-corrected chi connectivity index (χ4v) is 2.56. The van der Waals surface area contributed by atoms with Gasteiger partial charge in [0.05, 0.1) is 17.1 Å². The van der Waals surface area contributed by atoms with Crippen molar-refractivity contribution < 1.29 is 0 Å². The normalized spacial score (nSPS) is 12.1. The van der Waals surface area contributed by atoms with Crippen LogP contribution < -0.4 is 5.32 Å². The Morgan fingerprint density at radius 1 is 1.50 bits per heavy atom. The summed E-state index contributed by atoms with van der Waals surface area (Å²) < 4.78 is 0. The van der Waals surface area contributed by atoms with E-state index < -0.39 is 0 Å². The average Bonchev–Trinajstić information content (AvgIpc) is 2.30. The van der Waals surface area contributed by atoms with E-state index >= 15 is 0 Å². The highest BCUT2D eigenvalue weighted by Gasteiger charge is 2.06. The van der Waals surface area contributed by atoms with Crippen LogP contribution in [-0.2, 0) is 0 Å². The lowest BCUT2D eigenvalue weighted by molar-refractivity contribution is 0.613. The number of halogens is 1. The van der Waals surface area contributed by atoms with E-state index in [9.17, 15) is 0 Å². The van der Waals surface area contributed by atoms with Crippen LogP contribution in [0.4, 0.5) is 0 Å². The van der Waals surface area contributed by atoms with E-state index in [4.69, 9.17) is 16.9 Å². The van der Waals surface area contributed by atoms with Gasteiger partial charge < -0.3 is 5.32 Å². The van der Waals surface area contributed by atoms with Crippen molar-refractivity contribution in [2.75, 3.05) is 12.3 Å². The maximum absolute atomic E-state index is 8.86. The number of rotatable bonds is 6. The fourth-order valence-electron chi connectivity index (χ4n) is 1.31. The van der Waals surface area contributed by atoms with Crippen LogP contribution in [0.1, 0.15) is 13.3 Å². The highest BCUT2D eigenvalue weighted by Crippen LogP contribution is 2.27. The summed E-state index contributed by atoms with van der Waals surface area (Å²) in [7, 11) is 0. The number of hydrogen-bond donors (Lipinski definition) is 1. The van der Waals surface area contributed by atoms with Crippen molar-refractivity contribution in [2.45, 2.75) is 24.3 Å². The topological polar surface area (TPSA) is 35.8 Å². The predicted octanol–water partition coefficient (Wildman–Crippen LogP) is 3.32. The van der Waals surface area contributed by atoms with Crippen LogP contribution in [0.25, 0.3) is 0 Å². The first kappa shape index (κ1) is 13.4. The van der Waals surface area contributed by atoms with Crippen molar-refractivity contribution in [3.05, 3.63) is 29.3 Å². The number of benzene rings is 1. The number of nitrogens with one attached hydrogen (secondary N) is 1. The molecule has 0 amide bonds. The molecule has 0 fully saturated rings. The zero-order valence-electron chi connectivity index (χ0n) is 9.24. The van der Waals surface area contributed by atoms with Gasteiger partial charge in [-0.1, -0.05) is 30.7 Å². The largest absolute Gasteiger partial charge is 0.302 e. The molecule has 1 N–H and O–H groups in total. The monoisotopic (exact) mass is 254 g/mol. The Hall–Kier alpha value is -0.690. The second-order valence-electron chi connectivity index (χ2n) is 3.31. The number of nitriles is 1. The molecule has 0 heterocycles. The molecule has 1 atom stereocenters. The van der Waals surface area contributed by atoms with E-state index in [1.165, 1.54) is 0 Å². The van der Waals surface area contributed by atoms with Gasteiger partial charge in [-0.25, -0.2) is 0 Å². The smallest absolute Gasteiger partial charge is 0.0960 e. The quantitative estimate of drug-likeness (QED) is 0.791. The van der Waals surface area contributed by atoms with Gasteiger partial charge in [-0.05, 0) is 25.1 Å². The predicted molar refractivity (Wildman–Crippen MR) is 69.9 cm³/mol. The SMILES string of the molecule is CCNC(C#N)CCSc1ccccc1Cl. The third-order valence-electron chi connectivity index (χ3n) is 2.11. The molecule has 0 aliphatic rings. The minimum Gasteiger partial charge on any atom is -0.302 e. The van der Waals surface area contributed by atoms with E-state index in [0.29, 0.717) is 0 Å². The summed E-state index contributed by atoms with van der Waals surface area (Å²) >= 11 is 7.73. The Balaban J connectivity index is 2.36. The summed E-state index contributed by atoms with van der Waals surface area (Å²) in [5.74, 6) is 0.898. The van der Waals surface area contributed by atoms with Crippen molar-refractivity contribution in [3.63, 3.8) is 0 Å². The van der Waals surface area contributed by atoms with Crippen molar-refractivity contribution in [3.8, 4) is 6.07 Å². The molecule has 0 saturated carbocycles. The Morgan fingerprint density at radius 3 is 2.88 bits per heavy atom. The number of hydrogen-bond acceptors (Lipinski definition) is 3. The maximum atomic E-state index is 8.86. The van der Waals surface area contributed by atoms with E-state index in [1.54, 1.807) is 11.8 Å². The number of nitrogens with zero attached hydrogens (tertiary/aromatic N) is 1. The molecule has 2 nitrogen and oxygen atoms in total. The molecule has 1 unspecified atom stereocenters. The van der Waals surface area contributed by atoms with Crippen molar-refractivity contribution >= 4 is 23.4 Å². The first-order valence-electron chi connectivity index (χ1n) is 5.28. The van der Waals surface area contributed by atoms with E-state index in [0.717, 1.165) is 28.6 Å². The molecule has 0 spiro atoms. The van der Waals surface area contributed by atoms with Crippen LogP contribution in [-0.4, -0.2) is 18.3 Å². The van der Waals surface area contributed by atoms with Gasteiger partial charge in [-0.15, -0.1) is 11.8 Å². The molecule has 1 rings (SSSR count). The van der Waals surface area contributed by atoms with E-state index in [2.05, 4.69) is 11.4 Å². The van der Waals surface area contributed by atoms with Crippen LogP contribution in [0.2, 0.25) is 5.02 Å². The van der Waals surface area contributed by atoms with Gasteiger partial charge in [0.15, 0.2) is 0 Å². The van der Waals surface area contributed by atoms with Crippen molar-refractivity contribution in [2.24, 2.45) is 0 Å². The lowest BCUT2D eigenvalue weighted by Gasteiger charge is -2.09. The lowest BCUT2D eigenvalue weighted by Crippen LogP contribution is -2.27. The zero-order valence-corrected chi connectivity index (χ0v) is 10.8. The molecular weight excluding hydrogens is 240 g/mol. The molecule has 1 aromatic carbocycles. The third-order valence-corrected chi connectivity index (χ3v) is 3.66. The van der Waals surface area contributed by atoms with Gasteiger partial charge in [-0.3, -0.25) is 0 Å².